The molecule has 0 saturated carbocycles. The lowest BCUT2D eigenvalue weighted by atomic mass is 10.2. The molecule has 0 aromatic carbocycles. The lowest BCUT2D eigenvalue weighted by molar-refractivity contribution is -0.532. The Balaban J connectivity index is 0.000000423. The van der Waals surface area contributed by atoms with Gasteiger partial charge in [0.15, 0.2) is 6.21 Å². The Kier molecular flexibility index (Phi) is 7.60. The number of allylic oxidation sites excluding steroid dienone is 2. The van der Waals surface area contributed by atoms with Gasteiger partial charge >= 0.3 is 0 Å². The minimum absolute atomic E-state index is 0.972. The molecule has 0 spiro atoms. The number of carboxylic acids is 1. The Bertz CT molecular complexity index is 238. The fourth-order valence-electron chi connectivity index (χ4n) is 1.32. The van der Waals surface area contributed by atoms with Gasteiger partial charge in [-0.25, -0.2) is 4.58 Å². The molecule has 3 heteroatoms. The van der Waals surface area contributed by atoms with Crippen molar-refractivity contribution in [3.05, 3.63) is 11.6 Å². The van der Waals surface area contributed by atoms with E-state index >= 15 is 0 Å². The predicted octanol–water partition coefficient (Wildman–Crippen LogP) is 0.976. The van der Waals surface area contributed by atoms with Crippen LogP contribution in [0.5, 0.6) is 0 Å². The largest absolute Gasteiger partial charge is 0.550 e. The van der Waals surface area contributed by atoms with Gasteiger partial charge in [0, 0.05) is 24.9 Å². The summed E-state index contributed by atoms with van der Waals surface area (Å²) in [5.74, 6) is -1.08. The number of carboxylic acid groups (broad SMARTS) is 1. The minimum Gasteiger partial charge on any atom is -0.550 e. The van der Waals surface area contributed by atoms with E-state index in [2.05, 4.69) is 30.7 Å². The van der Waals surface area contributed by atoms with Gasteiger partial charge in [-0.1, -0.05) is 5.57 Å². The van der Waals surface area contributed by atoms with Crippen LogP contribution in [0.25, 0.3) is 0 Å². The normalized spacial score (nSPS) is 14.7. The van der Waals surface area contributed by atoms with E-state index in [1.807, 2.05) is 0 Å². The topological polar surface area (TPSA) is 43.1 Å². The molecular weight excluding hydrogens is 190 g/mol. The first-order chi connectivity index (χ1) is 7.02. The highest BCUT2D eigenvalue weighted by Gasteiger charge is 2.08. The van der Waals surface area contributed by atoms with Crippen LogP contribution >= 0.6 is 0 Å². The zero-order chi connectivity index (χ0) is 11.7. The molecule has 1 saturated heterocycles. The maximum absolute atomic E-state index is 8.89. The summed E-state index contributed by atoms with van der Waals surface area (Å²) in [5, 5.41) is 8.89. The molecule has 1 rings (SSSR count). The van der Waals surface area contributed by atoms with Gasteiger partial charge in [-0.05, 0) is 27.2 Å². The summed E-state index contributed by atoms with van der Waals surface area (Å²) in [5.41, 5.74) is 1.38. The van der Waals surface area contributed by atoms with Gasteiger partial charge in [-0.2, -0.15) is 0 Å². The number of carbonyl (C=O) groups is 1. The van der Waals surface area contributed by atoms with Crippen LogP contribution in [0.4, 0.5) is 0 Å². The lowest BCUT2D eigenvalue weighted by Crippen LogP contribution is -2.20. The molecule has 0 bridgehead atoms. The smallest absolute Gasteiger partial charge is 0.163 e. The van der Waals surface area contributed by atoms with Crippen LogP contribution in [0, 0.1) is 0 Å². The molecule has 1 fully saturated rings. The van der Waals surface area contributed by atoms with Crippen LogP contribution in [0.2, 0.25) is 0 Å². The molecule has 0 atom stereocenters. The standard InChI is InChI=1S/C10H18N.C2H4O2/c1-10(2)6-9-11-7-4-3-5-8-11;1-2(3)4/h6,9H,3-5,7-8H2,1-2H3;1H3,(H,3,4)/q+1;/p-1. The van der Waals surface area contributed by atoms with Crippen LogP contribution in [0.1, 0.15) is 40.0 Å². The van der Waals surface area contributed by atoms with Gasteiger partial charge in [0.05, 0.1) is 0 Å². The van der Waals surface area contributed by atoms with E-state index in [-0.39, 0.29) is 0 Å². The summed E-state index contributed by atoms with van der Waals surface area (Å²) in [6.07, 6.45) is 8.58. The van der Waals surface area contributed by atoms with Gasteiger partial charge in [0.2, 0.25) is 0 Å². The van der Waals surface area contributed by atoms with E-state index in [1.165, 1.54) is 37.9 Å². The van der Waals surface area contributed by atoms with E-state index in [0.717, 1.165) is 6.92 Å². The average molecular weight is 211 g/mol. The Morgan fingerprint density at radius 2 is 1.60 bits per heavy atom. The van der Waals surface area contributed by atoms with Crippen molar-refractivity contribution in [3.63, 3.8) is 0 Å². The van der Waals surface area contributed by atoms with Crippen molar-refractivity contribution >= 4 is 12.2 Å². The van der Waals surface area contributed by atoms with Gasteiger partial charge in [0.1, 0.15) is 13.1 Å². The first kappa shape index (κ1) is 13.9. The quantitative estimate of drug-likeness (QED) is 0.607. The third-order valence-corrected chi connectivity index (χ3v) is 2.01. The highest BCUT2D eigenvalue weighted by atomic mass is 16.4. The molecule has 0 radical (unpaired) electrons. The molecule has 1 aliphatic rings. The molecule has 0 aromatic heterocycles. The summed E-state index contributed by atoms with van der Waals surface area (Å²) < 4.78 is 2.41. The second kappa shape index (κ2) is 8.21. The van der Waals surface area contributed by atoms with Crippen LogP contribution in [-0.2, 0) is 4.79 Å². The van der Waals surface area contributed by atoms with Crippen molar-refractivity contribution in [1.82, 2.24) is 0 Å². The van der Waals surface area contributed by atoms with Crippen molar-refractivity contribution in [3.8, 4) is 0 Å². The zero-order valence-corrected chi connectivity index (χ0v) is 9.95. The molecular formula is C12H21NO2. The number of carbonyl (C=O) groups excluding carboxylic acids is 1. The minimum atomic E-state index is -1.08. The Hall–Kier alpha value is -1.12. The van der Waals surface area contributed by atoms with Gasteiger partial charge in [-0.3, -0.25) is 0 Å². The van der Waals surface area contributed by atoms with E-state index in [0.29, 0.717) is 0 Å². The molecule has 0 amide bonds. The number of hydrogen-bond donors (Lipinski definition) is 0. The van der Waals surface area contributed by atoms with Crippen molar-refractivity contribution < 1.29 is 14.5 Å². The summed E-state index contributed by atoms with van der Waals surface area (Å²) in [6, 6.07) is 0. The fourth-order valence-corrected chi connectivity index (χ4v) is 1.32. The second-order valence-electron chi connectivity index (χ2n) is 3.98. The van der Waals surface area contributed by atoms with Gasteiger partial charge in [0.25, 0.3) is 0 Å². The molecule has 15 heavy (non-hydrogen) atoms. The Morgan fingerprint density at radius 3 is 2.00 bits per heavy atom. The van der Waals surface area contributed by atoms with Crippen LogP contribution in [0.3, 0.4) is 0 Å². The molecule has 0 aromatic rings. The monoisotopic (exact) mass is 211 g/mol. The first-order valence-corrected chi connectivity index (χ1v) is 5.42. The summed E-state index contributed by atoms with van der Waals surface area (Å²) >= 11 is 0. The predicted molar refractivity (Wildman–Crippen MR) is 60.0 cm³/mol. The van der Waals surface area contributed by atoms with Crippen LogP contribution < -0.4 is 5.11 Å². The molecule has 1 aliphatic heterocycles. The summed E-state index contributed by atoms with van der Waals surface area (Å²) in [6.45, 7) is 7.76. The Morgan fingerprint density at radius 1 is 1.13 bits per heavy atom. The average Bonchev–Trinajstić information content (AvgIpc) is 2.15. The SMILES string of the molecule is CC(=O)[O-].CC(C)=CC=[N+]1CCCCC1. The Labute approximate surface area is 92.1 Å². The number of hydrogen-bond acceptors (Lipinski definition) is 2. The van der Waals surface area contributed by atoms with E-state index in [1.54, 1.807) is 0 Å². The number of aliphatic carboxylic acids is 1. The molecule has 0 unspecified atom stereocenters. The van der Waals surface area contributed by atoms with E-state index < -0.39 is 5.97 Å². The van der Waals surface area contributed by atoms with Crippen molar-refractivity contribution in [2.75, 3.05) is 13.1 Å². The van der Waals surface area contributed by atoms with E-state index in [4.69, 9.17) is 9.90 Å². The highest BCUT2D eigenvalue weighted by Crippen LogP contribution is 2.03. The molecule has 86 valence electrons. The van der Waals surface area contributed by atoms with E-state index in [9.17, 15) is 0 Å². The van der Waals surface area contributed by atoms with Gasteiger partial charge < -0.3 is 9.90 Å². The number of rotatable bonds is 1. The van der Waals surface area contributed by atoms with Crippen molar-refractivity contribution in [2.45, 2.75) is 40.0 Å². The number of nitrogens with zero attached hydrogens (tertiary/aromatic N) is 1. The summed E-state index contributed by atoms with van der Waals surface area (Å²) in [7, 11) is 0. The van der Waals surface area contributed by atoms with Crippen LogP contribution in [0.15, 0.2) is 11.6 Å². The third kappa shape index (κ3) is 10.8. The lowest BCUT2D eigenvalue weighted by Gasteiger charge is -2.07. The van der Waals surface area contributed by atoms with Gasteiger partial charge in [-0.15, -0.1) is 0 Å². The first-order valence-electron chi connectivity index (χ1n) is 5.42. The fraction of sp³-hybridized carbons (Fsp3) is 0.667. The third-order valence-electron chi connectivity index (χ3n) is 2.01. The molecule has 1 heterocycles. The zero-order valence-electron chi connectivity index (χ0n) is 9.95. The molecule has 3 nitrogen and oxygen atoms in total. The molecule has 0 N–H and O–H groups in total. The second-order valence-corrected chi connectivity index (χ2v) is 3.98. The molecule has 0 aliphatic carbocycles. The van der Waals surface area contributed by atoms with Crippen molar-refractivity contribution in [1.29, 1.82) is 0 Å². The maximum Gasteiger partial charge on any atom is 0.163 e. The number of piperidine rings is 1. The van der Waals surface area contributed by atoms with Crippen molar-refractivity contribution in [2.24, 2.45) is 0 Å². The maximum atomic E-state index is 8.89. The van der Waals surface area contributed by atoms with Crippen LogP contribution in [-0.4, -0.2) is 29.8 Å². The highest BCUT2D eigenvalue weighted by molar-refractivity contribution is 5.67. The summed E-state index contributed by atoms with van der Waals surface area (Å²) in [4.78, 5) is 8.89.